The Morgan fingerprint density at radius 3 is 2.90 bits per heavy atom. The number of nitrogens with one attached hydrogen (secondary N) is 1. The van der Waals surface area contributed by atoms with Crippen molar-refractivity contribution in [2.24, 2.45) is 11.8 Å². The van der Waals surface area contributed by atoms with Gasteiger partial charge in [0.2, 0.25) is 18.6 Å². The molecule has 3 unspecified atom stereocenters. The van der Waals surface area contributed by atoms with Crippen LogP contribution >= 0.6 is 0 Å². The van der Waals surface area contributed by atoms with Gasteiger partial charge >= 0.3 is 0 Å². The summed E-state index contributed by atoms with van der Waals surface area (Å²) < 4.78 is 17.0. The van der Waals surface area contributed by atoms with Crippen molar-refractivity contribution in [1.82, 2.24) is 10.3 Å². The predicted molar refractivity (Wildman–Crippen MR) is 105 cm³/mol. The highest BCUT2D eigenvalue weighted by Gasteiger charge is 2.67. The van der Waals surface area contributed by atoms with Crippen LogP contribution in [0.1, 0.15) is 5.56 Å². The molecule has 8 heteroatoms. The van der Waals surface area contributed by atoms with Gasteiger partial charge in [-0.1, -0.05) is 12.2 Å². The van der Waals surface area contributed by atoms with Crippen LogP contribution < -0.4 is 19.7 Å². The second-order valence-electron chi connectivity index (χ2n) is 7.94. The number of benzene rings is 1. The minimum Gasteiger partial charge on any atom is -0.454 e. The molecule has 2 bridgehead atoms. The van der Waals surface area contributed by atoms with E-state index >= 15 is 0 Å². The first-order chi connectivity index (χ1) is 14.6. The number of amides is 2. The molecule has 4 aliphatic rings. The van der Waals surface area contributed by atoms with Crippen molar-refractivity contribution in [2.75, 3.05) is 18.2 Å². The molecule has 6 rings (SSSR count). The third kappa shape index (κ3) is 2.46. The number of rotatable bonds is 4. The topological polar surface area (TPSA) is 90.0 Å². The summed E-state index contributed by atoms with van der Waals surface area (Å²) in [7, 11) is 0. The highest BCUT2D eigenvalue weighted by atomic mass is 16.7. The van der Waals surface area contributed by atoms with E-state index in [1.165, 1.54) is 0 Å². The highest BCUT2D eigenvalue weighted by molar-refractivity contribution is 6.03. The van der Waals surface area contributed by atoms with Crippen LogP contribution in [0.3, 0.4) is 0 Å². The number of ether oxygens (including phenoxy) is 3. The fourth-order valence-corrected chi connectivity index (χ4v) is 4.88. The van der Waals surface area contributed by atoms with Crippen LogP contribution in [-0.2, 0) is 20.9 Å². The Kier molecular flexibility index (Phi) is 3.67. The zero-order chi connectivity index (χ0) is 20.3. The Bertz CT molecular complexity index is 1070. The molecule has 2 fully saturated rings. The Morgan fingerprint density at radius 1 is 1.20 bits per heavy atom. The monoisotopic (exact) mass is 405 g/mol. The van der Waals surface area contributed by atoms with E-state index in [0.29, 0.717) is 30.3 Å². The van der Waals surface area contributed by atoms with Gasteiger partial charge in [0, 0.05) is 30.7 Å². The molecule has 8 nitrogen and oxygen atoms in total. The summed E-state index contributed by atoms with van der Waals surface area (Å²) in [6.07, 6.45) is 6.84. The second kappa shape index (κ2) is 6.30. The van der Waals surface area contributed by atoms with Crippen LogP contribution in [0.15, 0.2) is 54.9 Å². The molecule has 2 aromatic rings. The Morgan fingerprint density at radius 2 is 2.03 bits per heavy atom. The summed E-state index contributed by atoms with van der Waals surface area (Å²) in [6.45, 7) is 0.928. The van der Waals surface area contributed by atoms with Gasteiger partial charge in [0.1, 0.15) is 5.60 Å². The van der Waals surface area contributed by atoms with Gasteiger partial charge in [0.15, 0.2) is 11.5 Å². The van der Waals surface area contributed by atoms with E-state index in [2.05, 4.69) is 10.3 Å². The molecule has 1 spiro atoms. The van der Waals surface area contributed by atoms with Gasteiger partial charge in [-0.3, -0.25) is 14.6 Å². The lowest BCUT2D eigenvalue weighted by molar-refractivity contribution is -0.132. The highest BCUT2D eigenvalue weighted by Crippen LogP contribution is 2.53. The maximum absolute atomic E-state index is 13.4. The number of hydrogen-bond acceptors (Lipinski definition) is 6. The molecular weight excluding hydrogens is 386 g/mol. The number of aromatic nitrogens is 1. The lowest BCUT2D eigenvalue weighted by atomic mass is 9.77. The van der Waals surface area contributed by atoms with Gasteiger partial charge in [-0.15, -0.1) is 0 Å². The van der Waals surface area contributed by atoms with Crippen LogP contribution in [0.5, 0.6) is 11.5 Å². The van der Waals surface area contributed by atoms with E-state index in [0.717, 1.165) is 5.56 Å². The molecular formula is C22H19N3O5. The van der Waals surface area contributed by atoms with E-state index < -0.39 is 17.4 Å². The van der Waals surface area contributed by atoms with Crippen molar-refractivity contribution >= 4 is 17.5 Å². The first-order valence-corrected chi connectivity index (χ1v) is 9.89. The van der Waals surface area contributed by atoms with Crippen LogP contribution in [0, 0.1) is 11.8 Å². The Balaban J connectivity index is 1.25. The largest absolute Gasteiger partial charge is 0.454 e. The number of carbonyl (C=O) groups excluding carboxylic acids is 2. The Labute approximate surface area is 172 Å². The molecule has 1 aromatic heterocycles. The van der Waals surface area contributed by atoms with Gasteiger partial charge in [-0.25, -0.2) is 0 Å². The van der Waals surface area contributed by atoms with Crippen molar-refractivity contribution < 1.29 is 23.8 Å². The molecule has 30 heavy (non-hydrogen) atoms. The fourth-order valence-electron chi connectivity index (χ4n) is 4.88. The zero-order valence-electron chi connectivity index (χ0n) is 16.0. The van der Waals surface area contributed by atoms with Crippen molar-refractivity contribution in [3.8, 4) is 11.5 Å². The number of carbonyl (C=O) groups is 2. The molecule has 152 valence electrons. The summed E-state index contributed by atoms with van der Waals surface area (Å²) in [4.78, 5) is 32.1. The molecule has 0 radical (unpaired) electrons. The van der Waals surface area contributed by atoms with Crippen LogP contribution in [0.4, 0.5) is 5.69 Å². The summed E-state index contributed by atoms with van der Waals surface area (Å²) in [5.74, 6) is -0.103. The van der Waals surface area contributed by atoms with Gasteiger partial charge < -0.3 is 24.4 Å². The van der Waals surface area contributed by atoms with Crippen molar-refractivity contribution in [3.05, 3.63) is 60.4 Å². The lowest BCUT2D eigenvalue weighted by Gasteiger charge is -2.23. The van der Waals surface area contributed by atoms with Crippen molar-refractivity contribution in [3.63, 3.8) is 0 Å². The van der Waals surface area contributed by atoms with Crippen LogP contribution in [0.25, 0.3) is 0 Å². The van der Waals surface area contributed by atoms with Gasteiger partial charge in [0.05, 0.1) is 24.5 Å². The number of pyridine rings is 1. The second-order valence-corrected chi connectivity index (χ2v) is 7.94. The van der Waals surface area contributed by atoms with Gasteiger partial charge in [0.25, 0.3) is 0 Å². The first-order valence-electron chi connectivity index (χ1n) is 9.89. The van der Waals surface area contributed by atoms with Crippen molar-refractivity contribution in [1.29, 1.82) is 0 Å². The predicted octanol–water partition coefficient (Wildman–Crippen LogP) is 1.41. The van der Waals surface area contributed by atoms with Gasteiger partial charge in [-0.2, -0.15) is 0 Å². The summed E-state index contributed by atoms with van der Waals surface area (Å²) in [5.41, 5.74) is 0.897. The third-order valence-corrected chi connectivity index (χ3v) is 6.29. The van der Waals surface area contributed by atoms with Crippen LogP contribution in [-0.4, -0.2) is 41.8 Å². The average Bonchev–Trinajstić information content (AvgIpc) is 3.53. The molecule has 1 N–H and O–H groups in total. The van der Waals surface area contributed by atoms with E-state index in [1.807, 2.05) is 30.4 Å². The number of fused-ring (bicyclic) bond motifs is 2. The normalized spacial score (nSPS) is 30.1. The molecule has 0 aliphatic carbocycles. The molecule has 5 heterocycles. The third-order valence-electron chi connectivity index (χ3n) is 6.29. The first kappa shape index (κ1) is 17.5. The number of hydrogen-bond donors (Lipinski definition) is 1. The molecule has 2 amide bonds. The quantitative estimate of drug-likeness (QED) is 0.774. The minimum absolute atomic E-state index is 0.107. The zero-order valence-corrected chi connectivity index (χ0v) is 16.0. The van der Waals surface area contributed by atoms with E-state index in [1.54, 1.807) is 29.4 Å². The van der Waals surface area contributed by atoms with Crippen molar-refractivity contribution in [2.45, 2.75) is 18.2 Å². The molecule has 0 saturated carbocycles. The number of anilines is 1. The SMILES string of the molecule is O=C(NCc1ccncc1)C1C2C=C[C@]3(CN(c4ccc5c(c4)OCO5)C(=O)C13)O2. The standard InChI is InChI=1S/C22H19N3O5/c26-20(24-10-13-4-7-23-8-5-13)18-16-3-6-22(30-16)11-25(21(27)19(18)22)14-1-2-15-17(9-14)29-12-28-15/h1-9,16,18-19H,10-12H2,(H,24,26)/t16?,18?,19?,22-/m1/s1. The van der Waals surface area contributed by atoms with Crippen LogP contribution in [0.2, 0.25) is 0 Å². The van der Waals surface area contributed by atoms with Gasteiger partial charge in [-0.05, 0) is 29.8 Å². The molecule has 2 saturated heterocycles. The number of nitrogens with zero attached hydrogens (tertiary/aromatic N) is 2. The van der Waals surface area contributed by atoms with E-state index in [4.69, 9.17) is 14.2 Å². The minimum atomic E-state index is -0.767. The summed E-state index contributed by atoms with van der Waals surface area (Å²) in [6, 6.07) is 9.12. The Hall–Kier alpha value is -3.39. The maximum atomic E-state index is 13.4. The maximum Gasteiger partial charge on any atom is 0.234 e. The summed E-state index contributed by atoms with van der Waals surface area (Å²) >= 11 is 0. The molecule has 4 aliphatic heterocycles. The molecule has 4 atom stereocenters. The smallest absolute Gasteiger partial charge is 0.234 e. The van der Waals surface area contributed by atoms with E-state index in [-0.39, 0.29) is 24.7 Å². The molecule has 1 aromatic carbocycles. The fraction of sp³-hybridized carbons (Fsp3) is 0.318. The lowest BCUT2D eigenvalue weighted by Crippen LogP contribution is -2.43. The summed E-state index contributed by atoms with van der Waals surface area (Å²) in [5, 5.41) is 2.96. The van der Waals surface area contributed by atoms with E-state index in [9.17, 15) is 9.59 Å². The average molecular weight is 405 g/mol.